The molecule has 2 N–H and O–H groups in total. The summed E-state index contributed by atoms with van der Waals surface area (Å²) in [5.41, 5.74) is 4.67. The summed E-state index contributed by atoms with van der Waals surface area (Å²) in [6.45, 7) is 4.09. The van der Waals surface area contributed by atoms with Crippen molar-refractivity contribution in [2.24, 2.45) is 5.92 Å². The number of imide groups is 1. The molecule has 13 nitrogen and oxygen atoms in total. The van der Waals surface area contributed by atoms with E-state index in [9.17, 15) is 14.4 Å². The van der Waals surface area contributed by atoms with Gasteiger partial charge in [-0.2, -0.15) is 4.98 Å². The van der Waals surface area contributed by atoms with Crippen LogP contribution >= 0.6 is 0 Å². The van der Waals surface area contributed by atoms with Gasteiger partial charge in [0.25, 0.3) is 0 Å². The van der Waals surface area contributed by atoms with Gasteiger partial charge in [-0.25, -0.2) is 24.7 Å². The fourth-order valence-electron chi connectivity index (χ4n) is 5.38. The minimum atomic E-state index is -0.354. The van der Waals surface area contributed by atoms with E-state index in [1.54, 1.807) is 12.3 Å². The first-order chi connectivity index (χ1) is 20.2. The highest BCUT2D eigenvalue weighted by Crippen LogP contribution is 2.46. The Bertz CT molecular complexity index is 1760. The number of hydrogen-bond donors (Lipinski definition) is 2. The molecule has 5 heterocycles. The van der Waals surface area contributed by atoms with Crippen LogP contribution in [0.15, 0.2) is 36.8 Å². The third-order valence-corrected chi connectivity index (χ3v) is 7.94. The molecule has 2 atom stereocenters. The van der Waals surface area contributed by atoms with Crippen molar-refractivity contribution in [1.29, 1.82) is 0 Å². The van der Waals surface area contributed by atoms with Crippen molar-refractivity contribution in [2.75, 3.05) is 29.1 Å². The maximum atomic E-state index is 12.9. The fraction of sp³-hybridized carbons (Fsp3) is 0.379. The lowest BCUT2D eigenvalue weighted by Crippen LogP contribution is -2.30. The number of hydrogen-bond acceptors (Lipinski definition) is 9. The molecule has 2 saturated carbocycles. The summed E-state index contributed by atoms with van der Waals surface area (Å²) in [7, 11) is 1.50. The number of carbonyl (C=O) groups is 3. The lowest BCUT2D eigenvalue weighted by atomic mass is 10.1. The lowest BCUT2D eigenvalue weighted by Gasteiger charge is -2.17. The predicted octanol–water partition coefficient (Wildman–Crippen LogP) is 3.16. The second-order valence-corrected chi connectivity index (χ2v) is 11.3. The zero-order valence-electron chi connectivity index (χ0n) is 23.5. The molecule has 0 aromatic carbocycles. The SMILES string of the molecule is Cc1cc(NCc2cn3cc(C4CC4)cc(N4CC(=O)N(C)C4=O)c3n2)nc(NC(=O)C2CC2c2nccc(C)n2)n1. The first-order valence-electron chi connectivity index (χ1n) is 14.0. The van der Waals surface area contributed by atoms with Gasteiger partial charge >= 0.3 is 6.03 Å². The van der Waals surface area contributed by atoms with Crippen molar-refractivity contribution >= 4 is 40.9 Å². The number of nitrogens with one attached hydrogen (secondary N) is 2. The van der Waals surface area contributed by atoms with Crippen LogP contribution in [0, 0.1) is 19.8 Å². The van der Waals surface area contributed by atoms with Crippen LogP contribution in [0.5, 0.6) is 0 Å². The van der Waals surface area contributed by atoms with Crippen LogP contribution in [0.2, 0.25) is 0 Å². The summed E-state index contributed by atoms with van der Waals surface area (Å²) >= 11 is 0. The van der Waals surface area contributed by atoms with Crippen LogP contribution in [0.25, 0.3) is 5.65 Å². The zero-order chi connectivity index (χ0) is 29.1. The molecule has 214 valence electrons. The molecule has 0 spiro atoms. The predicted molar refractivity (Wildman–Crippen MR) is 153 cm³/mol. The summed E-state index contributed by atoms with van der Waals surface area (Å²) in [4.78, 5) is 63.0. The summed E-state index contributed by atoms with van der Waals surface area (Å²) in [6.07, 6.45) is 8.59. The average molecular weight is 567 g/mol. The highest BCUT2D eigenvalue weighted by molar-refractivity contribution is 6.13. The summed E-state index contributed by atoms with van der Waals surface area (Å²) < 4.78 is 1.93. The number of aromatic nitrogens is 6. The summed E-state index contributed by atoms with van der Waals surface area (Å²) in [6, 6.07) is 5.27. The number of rotatable bonds is 8. The number of nitrogens with zero attached hydrogens (tertiary/aromatic N) is 8. The van der Waals surface area contributed by atoms with Crippen LogP contribution in [-0.4, -0.2) is 65.7 Å². The van der Waals surface area contributed by atoms with E-state index in [1.807, 2.05) is 36.6 Å². The van der Waals surface area contributed by atoms with Crippen molar-refractivity contribution in [3.05, 3.63) is 65.3 Å². The molecular weight excluding hydrogens is 536 g/mol. The lowest BCUT2D eigenvalue weighted by molar-refractivity contribution is -0.124. The number of anilines is 3. The first kappa shape index (κ1) is 26.0. The number of carbonyl (C=O) groups excluding carboxylic acids is 3. The van der Waals surface area contributed by atoms with Gasteiger partial charge in [0.2, 0.25) is 17.8 Å². The molecule has 2 unspecified atom stereocenters. The fourth-order valence-corrected chi connectivity index (χ4v) is 5.38. The summed E-state index contributed by atoms with van der Waals surface area (Å²) in [5.74, 6) is 1.31. The van der Waals surface area contributed by atoms with Crippen molar-refractivity contribution in [1.82, 2.24) is 34.2 Å². The molecule has 1 aliphatic heterocycles. The molecule has 13 heteroatoms. The van der Waals surface area contributed by atoms with Gasteiger partial charge in [0.1, 0.15) is 18.2 Å². The Hall–Kier alpha value is -4.94. The number of urea groups is 1. The molecular formula is C29H30N10O3. The van der Waals surface area contributed by atoms with Gasteiger partial charge < -0.3 is 9.72 Å². The van der Waals surface area contributed by atoms with Crippen molar-refractivity contribution in [3.8, 4) is 0 Å². The minimum Gasteiger partial charge on any atom is -0.364 e. The minimum absolute atomic E-state index is 0.00190. The molecule has 0 radical (unpaired) electrons. The standard InChI is InChI=1S/C29H30N10O3/c1-15-6-7-30-25(32-15)20-10-21(20)27(41)36-28-33-16(2)8-23(35-28)31-11-19-13-38-12-18(17-4-5-17)9-22(26(38)34-19)39-14-24(40)37(3)29(39)42/h6-9,12-13,17,20-21H,4-5,10-11,14H2,1-3H3,(H2,31,33,35,36,41). The number of amides is 4. The van der Waals surface area contributed by atoms with Gasteiger partial charge in [-0.05, 0) is 56.7 Å². The second kappa shape index (κ2) is 9.86. The topological polar surface area (TPSA) is 151 Å². The van der Waals surface area contributed by atoms with E-state index in [-0.39, 0.29) is 42.2 Å². The first-order valence-corrected chi connectivity index (χ1v) is 14.0. The largest absolute Gasteiger partial charge is 0.364 e. The van der Waals surface area contributed by atoms with Crippen LogP contribution in [0.4, 0.5) is 22.2 Å². The number of fused-ring (bicyclic) bond motifs is 1. The Morgan fingerprint density at radius 1 is 1.05 bits per heavy atom. The molecule has 3 aliphatic rings. The van der Waals surface area contributed by atoms with Gasteiger partial charge in [0.05, 0.1) is 17.9 Å². The van der Waals surface area contributed by atoms with Crippen LogP contribution in [-0.2, 0) is 16.1 Å². The Balaban J connectivity index is 1.07. The highest BCUT2D eigenvalue weighted by atomic mass is 16.2. The van der Waals surface area contributed by atoms with Crippen LogP contribution in [0.3, 0.4) is 0 Å². The highest BCUT2D eigenvalue weighted by Gasteiger charge is 2.46. The van der Waals surface area contributed by atoms with Crippen molar-refractivity contribution in [3.63, 3.8) is 0 Å². The Labute approximate surface area is 241 Å². The molecule has 1 saturated heterocycles. The second-order valence-electron chi connectivity index (χ2n) is 11.3. The number of imidazole rings is 1. The molecule has 7 rings (SSSR count). The Kier molecular flexibility index (Phi) is 6.10. The van der Waals surface area contributed by atoms with Crippen molar-refractivity contribution < 1.29 is 14.4 Å². The van der Waals surface area contributed by atoms with Gasteiger partial charge in [0.15, 0.2) is 5.65 Å². The van der Waals surface area contributed by atoms with Crippen LogP contribution < -0.4 is 15.5 Å². The van der Waals surface area contributed by atoms with E-state index in [2.05, 4.69) is 36.8 Å². The van der Waals surface area contributed by atoms with E-state index in [0.717, 1.165) is 34.7 Å². The molecule has 3 fully saturated rings. The number of pyridine rings is 1. The van der Waals surface area contributed by atoms with Gasteiger partial charge in [-0.1, -0.05) is 0 Å². The third kappa shape index (κ3) is 4.91. The Morgan fingerprint density at radius 3 is 2.62 bits per heavy atom. The van der Waals surface area contributed by atoms with E-state index >= 15 is 0 Å². The van der Waals surface area contributed by atoms with Gasteiger partial charge in [-0.15, -0.1) is 0 Å². The summed E-state index contributed by atoms with van der Waals surface area (Å²) in [5, 5.41) is 6.13. The van der Waals surface area contributed by atoms with Crippen LogP contribution in [0.1, 0.15) is 59.6 Å². The maximum absolute atomic E-state index is 12.9. The van der Waals surface area contributed by atoms with Crippen molar-refractivity contribution in [2.45, 2.75) is 51.5 Å². The van der Waals surface area contributed by atoms with E-state index in [4.69, 9.17) is 4.98 Å². The molecule has 4 aromatic rings. The van der Waals surface area contributed by atoms with Gasteiger partial charge in [-0.3, -0.25) is 24.7 Å². The molecule has 42 heavy (non-hydrogen) atoms. The maximum Gasteiger partial charge on any atom is 0.331 e. The molecule has 4 aromatic heterocycles. The number of likely N-dealkylation sites (N-methyl/N-ethyl adjacent to an activating group) is 1. The van der Waals surface area contributed by atoms with E-state index < -0.39 is 0 Å². The quantitative estimate of drug-likeness (QED) is 0.307. The molecule has 4 amide bonds. The third-order valence-electron chi connectivity index (χ3n) is 7.94. The molecule has 2 aliphatic carbocycles. The normalized spacial score (nSPS) is 20.0. The van der Waals surface area contributed by atoms with E-state index in [1.165, 1.54) is 11.9 Å². The van der Waals surface area contributed by atoms with Gasteiger partial charge in [0, 0.05) is 54.9 Å². The van der Waals surface area contributed by atoms with E-state index in [0.29, 0.717) is 47.6 Å². The molecule has 0 bridgehead atoms. The zero-order valence-corrected chi connectivity index (χ0v) is 23.5. The number of aryl methyl sites for hydroxylation is 2. The average Bonchev–Trinajstić information content (AvgIpc) is 3.88. The Morgan fingerprint density at radius 2 is 1.88 bits per heavy atom. The monoisotopic (exact) mass is 566 g/mol. The smallest absolute Gasteiger partial charge is 0.331 e.